The van der Waals surface area contributed by atoms with Crippen LogP contribution in [0.4, 0.5) is 5.69 Å². The lowest BCUT2D eigenvalue weighted by atomic mass is 10.1. The standard InChI is InChI=1S/C16H15NO4/c1-17(13-5-3-4-6-14(13)21-2)15(18)11-7-9-12(10-8-11)16(19)20/h3-10H,1-2H3,(H,19,20). The molecule has 2 aromatic carbocycles. The summed E-state index contributed by atoms with van der Waals surface area (Å²) in [5.74, 6) is -0.668. The Kier molecular flexibility index (Phi) is 4.23. The number of amides is 1. The lowest BCUT2D eigenvalue weighted by molar-refractivity contribution is 0.0696. The molecule has 0 aliphatic heterocycles. The second-order valence-electron chi connectivity index (χ2n) is 4.42. The van der Waals surface area contributed by atoms with Crippen LogP contribution in [0.3, 0.4) is 0 Å². The maximum absolute atomic E-state index is 12.4. The smallest absolute Gasteiger partial charge is 0.335 e. The van der Waals surface area contributed by atoms with Gasteiger partial charge in [0.25, 0.3) is 5.91 Å². The average molecular weight is 285 g/mol. The van der Waals surface area contributed by atoms with Gasteiger partial charge in [0.05, 0.1) is 18.4 Å². The molecule has 0 aliphatic rings. The van der Waals surface area contributed by atoms with Crippen LogP contribution in [0, 0.1) is 0 Å². The zero-order chi connectivity index (χ0) is 15.4. The van der Waals surface area contributed by atoms with Gasteiger partial charge in [0, 0.05) is 12.6 Å². The highest BCUT2D eigenvalue weighted by Gasteiger charge is 2.17. The summed E-state index contributed by atoms with van der Waals surface area (Å²) in [7, 11) is 3.18. The summed E-state index contributed by atoms with van der Waals surface area (Å²) in [5, 5.41) is 8.86. The Morgan fingerprint density at radius 1 is 1.00 bits per heavy atom. The van der Waals surface area contributed by atoms with Crippen molar-refractivity contribution in [1.29, 1.82) is 0 Å². The second-order valence-corrected chi connectivity index (χ2v) is 4.42. The van der Waals surface area contributed by atoms with Crippen molar-refractivity contribution in [1.82, 2.24) is 0 Å². The summed E-state index contributed by atoms with van der Waals surface area (Å²) < 4.78 is 5.23. The van der Waals surface area contributed by atoms with Gasteiger partial charge in [-0.2, -0.15) is 0 Å². The van der Waals surface area contributed by atoms with E-state index in [4.69, 9.17) is 9.84 Å². The van der Waals surface area contributed by atoms with Crippen LogP contribution in [0.25, 0.3) is 0 Å². The van der Waals surface area contributed by atoms with Gasteiger partial charge in [0.1, 0.15) is 5.75 Å². The minimum Gasteiger partial charge on any atom is -0.495 e. The number of carboxylic acid groups (broad SMARTS) is 1. The molecule has 5 nitrogen and oxygen atoms in total. The quantitative estimate of drug-likeness (QED) is 0.937. The van der Waals surface area contributed by atoms with Crippen molar-refractivity contribution in [3.05, 3.63) is 59.7 Å². The molecule has 1 amide bonds. The molecule has 0 spiro atoms. The minimum absolute atomic E-state index is 0.145. The summed E-state index contributed by atoms with van der Waals surface area (Å²) in [6, 6.07) is 13.0. The number of carboxylic acids is 1. The van der Waals surface area contributed by atoms with E-state index in [0.29, 0.717) is 17.0 Å². The van der Waals surface area contributed by atoms with Crippen LogP contribution in [0.2, 0.25) is 0 Å². The molecule has 2 rings (SSSR count). The number of carbonyl (C=O) groups excluding carboxylic acids is 1. The van der Waals surface area contributed by atoms with Gasteiger partial charge in [-0.15, -0.1) is 0 Å². The van der Waals surface area contributed by atoms with E-state index in [1.54, 1.807) is 26.3 Å². The topological polar surface area (TPSA) is 66.8 Å². The number of rotatable bonds is 4. The van der Waals surface area contributed by atoms with Crippen LogP contribution in [-0.4, -0.2) is 31.1 Å². The van der Waals surface area contributed by atoms with Crippen molar-refractivity contribution >= 4 is 17.6 Å². The van der Waals surface area contributed by atoms with Gasteiger partial charge in [0.15, 0.2) is 0 Å². The molecule has 0 saturated carbocycles. The molecule has 0 fully saturated rings. The molecule has 0 bridgehead atoms. The number of carbonyl (C=O) groups is 2. The summed E-state index contributed by atoms with van der Waals surface area (Å²) in [6.07, 6.45) is 0. The molecule has 5 heteroatoms. The van der Waals surface area contributed by atoms with Gasteiger partial charge in [-0.05, 0) is 36.4 Å². The monoisotopic (exact) mass is 285 g/mol. The summed E-state index contributed by atoms with van der Waals surface area (Å²) >= 11 is 0. The second kappa shape index (κ2) is 6.09. The number of para-hydroxylation sites is 2. The molecule has 0 saturated heterocycles. The molecule has 0 unspecified atom stereocenters. The fourth-order valence-corrected chi connectivity index (χ4v) is 1.97. The van der Waals surface area contributed by atoms with Crippen LogP contribution in [0.5, 0.6) is 5.75 Å². The number of nitrogens with zero attached hydrogens (tertiary/aromatic N) is 1. The fraction of sp³-hybridized carbons (Fsp3) is 0.125. The van der Waals surface area contributed by atoms with Crippen LogP contribution in [-0.2, 0) is 0 Å². The Morgan fingerprint density at radius 3 is 2.14 bits per heavy atom. The van der Waals surface area contributed by atoms with Gasteiger partial charge >= 0.3 is 5.97 Å². The average Bonchev–Trinajstić information content (AvgIpc) is 2.53. The lowest BCUT2D eigenvalue weighted by Gasteiger charge is -2.20. The zero-order valence-corrected chi connectivity index (χ0v) is 11.7. The van der Waals surface area contributed by atoms with Gasteiger partial charge < -0.3 is 14.7 Å². The van der Waals surface area contributed by atoms with Crippen LogP contribution in [0.15, 0.2) is 48.5 Å². The molecular formula is C16H15NO4. The Morgan fingerprint density at radius 2 is 1.57 bits per heavy atom. The predicted octanol–water partition coefficient (Wildman–Crippen LogP) is 2.67. The van der Waals surface area contributed by atoms with E-state index in [9.17, 15) is 9.59 Å². The lowest BCUT2D eigenvalue weighted by Crippen LogP contribution is -2.26. The van der Waals surface area contributed by atoms with Crippen molar-refractivity contribution < 1.29 is 19.4 Å². The summed E-state index contributed by atoms with van der Waals surface area (Å²) in [6.45, 7) is 0. The molecule has 0 aliphatic carbocycles. The molecular weight excluding hydrogens is 270 g/mol. The largest absolute Gasteiger partial charge is 0.495 e. The Labute approximate surface area is 122 Å². The summed E-state index contributed by atoms with van der Waals surface area (Å²) in [4.78, 5) is 24.7. The van der Waals surface area contributed by atoms with Crippen molar-refractivity contribution in [2.45, 2.75) is 0 Å². The van der Waals surface area contributed by atoms with Crippen molar-refractivity contribution in [2.24, 2.45) is 0 Å². The first-order chi connectivity index (χ1) is 10.0. The molecule has 0 aromatic heterocycles. The number of hydrogen-bond donors (Lipinski definition) is 1. The first-order valence-corrected chi connectivity index (χ1v) is 6.29. The Balaban J connectivity index is 2.28. The van der Waals surface area contributed by atoms with E-state index in [1.165, 1.54) is 29.2 Å². The Hall–Kier alpha value is -2.82. The summed E-state index contributed by atoms with van der Waals surface area (Å²) in [5.41, 5.74) is 1.20. The molecule has 108 valence electrons. The number of aromatic carboxylic acids is 1. The fourth-order valence-electron chi connectivity index (χ4n) is 1.97. The number of ether oxygens (including phenoxy) is 1. The molecule has 2 aromatic rings. The minimum atomic E-state index is -1.02. The van der Waals surface area contributed by atoms with Crippen LogP contribution in [0.1, 0.15) is 20.7 Å². The molecule has 0 heterocycles. The Bertz CT molecular complexity index is 664. The van der Waals surface area contributed by atoms with Crippen molar-refractivity contribution in [2.75, 3.05) is 19.1 Å². The van der Waals surface area contributed by atoms with Crippen LogP contribution < -0.4 is 9.64 Å². The van der Waals surface area contributed by atoms with Crippen molar-refractivity contribution in [3.8, 4) is 5.75 Å². The molecule has 21 heavy (non-hydrogen) atoms. The van der Waals surface area contributed by atoms with Crippen LogP contribution >= 0.6 is 0 Å². The first-order valence-electron chi connectivity index (χ1n) is 6.29. The number of hydrogen-bond acceptors (Lipinski definition) is 3. The van der Waals surface area contributed by atoms with E-state index in [0.717, 1.165) is 0 Å². The predicted molar refractivity (Wildman–Crippen MR) is 79.1 cm³/mol. The zero-order valence-electron chi connectivity index (χ0n) is 11.7. The highest BCUT2D eigenvalue weighted by molar-refractivity contribution is 6.06. The SMILES string of the molecule is COc1ccccc1N(C)C(=O)c1ccc(C(=O)O)cc1. The number of benzene rings is 2. The third kappa shape index (κ3) is 3.02. The first kappa shape index (κ1) is 14.6. The maximum atomic E-state index is 12.4. The highest BCUT2D eigenvalue weighted by Crippen LogP contribution is 2.27. The normalized spacial score (nSPS) is 10.0. The maximum Gasteiger partial charge on any atom is 0.335 e. The highest BCUT2D eigenvalue weighted by atomic mass is 16.5. The third-order valence-corrected chi connectivity index (χ3v) is 3.13. The van der Waals surface area contributed by atoms with E-state index >= 15 is 0 Å². The molecule has 0 radical (unpaired) electrons. The van der Waals surface area contributed by atoms with E-state index < -0.39 is 5.97 Å². The van der Waals surface area contributed by atoms with Gasteiger partial charge in [-0.1, -0.05) is 12.1 Å². The molecule has 1 N–H and O–H groups in total. The van der Waals surface area contributed by atoms with Gasteiger partial charge in [-0.25, -0.2) is 4.79 Å². The van der Waals surface area contributed by atoms with Crippen molar-refractivity contribution in [3.63, 3.8) is 0 Å². The van der Waals surface area contributed by atoms with E-state index in [1.807, 2.05) is 12.1 Å². The number of methoxy groups -OCH3 is 1. The van der Waals surface area contributed by atoms with Gasteiger partial charge in [-0.3, -0.25) is 4.79 Å². The van der Waals surface area contributed by atoms with Gasteiger partial charge in [0.2, 0.25) is 0 Å². The number of anilines is 1. The molecule has 0 atom stereocenters. The van der Waals surface area contributed by atoms with E-state index in [-0.39, 0.29) is 11.5 Å². The van der Waals surface area contributed by atoms with E-state index in [2.05, 4.69) is 0 Å². The third-order valence-electron chi connectivity index (χ3n) is 3.13.